The van der Waals surface area contributed by atoms with Crippen LogP contribution >= 0.6 is 23.2 Å². The van der Waals surface area contributed by atoms with Crippen LogP contribution in [0.3, 0.4) is 0 Å². The Morgan fingerprint density at radius 2 is 1.75 bits per heavy atom. The second kappa shape index (κ2) is 8.33. The topological polar surface area (TPSA) is 79.8 Å². The number of carbonyl (C=O) groups is 2. The van der Waals surface area contributed by atoms with Gasteiger partial charge >= 0.3 is 11.8 Å². The summed E-state index contributed by atoms with van der Waals surface area (Å²) in [5.41, 5.74) is 3.22. The number of rotatable bonds is 4. The highest BCUT2D eigenvalue weighted by Crippen LogP contribution is 2.24. The molecular formula is C16H13Cl2N3O3. The van der Waals surface area contributed by atoms with Gasteiger partial charge in [0.05, 0.1) is 23.4 Å². The maximum atomic E-state index is 11.7. The van der Waals surface area contributed by atoms with E-state index in [1.165, 1.54) is 24.4 Å². The van der Waals surface area contributed by atoms with Gasteiger partial charge in [-0.15, -0.1) is 0 Å². The fourth-order valence-electron chi connectivity index (χ4n) is 1.67. The first-order valence-corrected chi connectivity index (χ1v) is 7.48. The van der Waals surface area contributed by atoms with Crippen molar-refractivity contribution in [2.45, 2.75) is 0 Å². The van der Waals surface area contributed by atoms with Crippen LogP contribution < -0.4 is 15.5 Å². The predicted octanol–water partition coefficient (Wildman–Crippen LogP) is 3.09. The molecule has 24 heavy (non-hydrogen) atoms. The average Bonchev–Trinajstić information content (AvgIpc) is 2.58. The molecular weight excluding hydrogens is 353 g/mol. The Bertz CT molecular complexity index is 777. The lowest BCUT2D eigenvalue weighted by Gasteiger charge is -2.05. The molecule has 124 valence electrons. The van der Waals surface area contributed by atoms with E-state index in [0.29, 0.717) is 16.5 Å². The largest absolute Gasteiger partial charge is 0.497 e. The molecule has 2 aromatic carbocycles. The van der Waals surface area contributed by atoms with Crippen LogP contribution in [0.1, 0.15) is 5.56 Å². The molecule has 0 atom stereocenters. The number of nitrogens with one attached hydrogen (secondary N) is 2. The van der Waals surface area contributed by atoms with E-state index in [0.717, 1.165) is 5.56 Å². The predicted molar refractivity (Wildman–Crippen MR) is 93.8 cm³/mol. The van der Waals surface area contributed by atoms with Gasteiger partial charge in [-0.05, 0) is 48.0 Å². The van der Waals surface area contributed by atoms with Crippen LogP contribution in [-0.2, 0) is 9.59 Å². The van der Waals surface area contributed by atoms with E-state index in [1.54, 1.807) is 31.4 Å². The molecule has 0 fully saturated rings. The van der Waals surface area contributed by atoms with E-state index in [2.05, 4.69) is 15.8 Å². The second-order valence-electron chi connectivity index (χ2n) is 4.56. The smallest absolute Gasteiger partial charge is 0.329 e. The van der Waals surface area contributed by atoms with Crippen LogP contribution in [0.5, 0.6) is 5.75 Å². The van der Waals surface area contributed by atoms with Crippen molar-refractivity contribution in [3.05, 3.63) is 58.1 Å². The number of hydrazone groups is 1. The van der Waals surface area contributed by atoms with Gasteiger partial charge in [0.15, 0.2) is 0 Å². The molecule has 2 rings (SSSR count). The number of anilines is 1. The van der Waals surface area contributed by atoms with E-state index in [4.69, 9.17) is 27.9 Å². The molecule has 0 radical (unpaired) electrons. The SMILES string of the molecule is COc1ccc(/C=N\NC(=O)C(=O)Nc2ccc(Cl)c(Cl)c2)cc1. The summed E-state index contributed by atoms with van der Waals surface area (Å²) < 4.78 is 5.03. The summed E-state index contributed by atoms with van der Waals surface area (Å²) in [4.78, 5) is 23.4. The van der Waals surface area contributed by atoms with Crippen LogP contribution in [0.2, 0.25) is 10.0 Å². The first-order chi connectivity index (χ1) is 11.5. The van der Waals surface area contributed by atoms with Gasteiger partial charge in [0.25, 0.3) is 0 Å². The van der Waals surface area contributed by atoms with Crippen molar-refractivity contribution in [3.8, 4) is 5.75 Å². The van der Waals surface area contributed by atoms with Crippen molar-refractivity contribution in [2.75, 3.05) is 12.4 Å². The molecule has 2 amide bonds. The van der Waals surface area contributed by atoms with Gasteiger partial charge in [-0.25, -0.2) is 5.43 Å². The molecule has 2 N–H and O–H groups in total. The number of halogens is 2. The Morgan fingerprint density at radius 1 is 1.04 bits per heavy atom. The lowest BCUT2D eigenvalue weighted by atomic mass is 10.2. The van der Waals surface area contributed by atoms with Crippen LogP contribution in [0.15, 0.2) is 47.6 Å². The van der Waals surface area contributed by atoms with Crippen molar-refractivity contribution < 1.29 is 14.3 Å². The Hall–Kier alpha value is -2.57. The van der Waals surface area contributed by atoms with Gasteiger partial charge in [-0.1, -0.05) is 23.2 Å². The van der Waals surface area contributed by atoms with Crippen molar-refractivity contribution in [2.24, 2.45) is 5.10 Å². The zero-order valence-electron chi connectivity index (χ0n) is 12.5. The Kier molecular flexibility index (Phi) is 6.17. The monoisotopic (exact) mass is 365 g/mol. The number of nitrogens with zero attached hydrogens (tertiary/aromatic N) is 1. The molecule has 0 unspecified atom stereocenters. The molecule has 0 aliphatic rings. The third kappa shape index (κ3) is 4.97. The first kappa shape index (κ1) is 17.8. The van der Waals surface area contributed by atoms with E-state index in [-0.39, 0.29) is 5.02 Å². The number of amides is 2. The molecule has 0 bridgehead atoms. The molecule has 2 aromatic rings. The Morgan fingerprint density at radius 3 is 2.38 bits per heavy atom. The summed E-state index contributed by atoms with van der Waals surface area (Å²) in [6, 6.07) is 11.5. The highest BCUT2D eigenvalue weighted by Gasteiger charge is 2.13. The zero-order valence-corrected chi connectivity index (χ0v) is 14.1. The van der Waals surface area contributed by atoms with Gasteiger partial charge in [0.1, 0.15) is 5.75 Å². The Balaban J connectivity index is 1.89. The van der Waals surface area contributed by atoms with E-state index in [1.807, 2.05) is 0 Å². The second-order valence-corrected chi connectivity index (χ2v) is 5.37. The third-order valence-corrected chi connectivity index (χ3v) is 3.62. The van der Waals surface area contributed by atoms with Crippen LogP contribution in [-0.4, -0.2) is 25.1 Å². The molecule has 0 saturated heterocycles. The van der Waals surface area contributed by atoms with E-state index in [9.17, 15) is 9.59 Å². The fraction of sp³-hybridized carbons (Fsp3) is 0.0625. The molecule has 0 spiro atoms. The van der Waals surface area contributed by atoms with Crippen LogP contribution in [0, 0.1) is 0 Å². The van der Waals surface area contributed by atoms with Crippen molar-refractivity contribution >= 4 is 46.9 Å². The number of hydrogen-bond acceptors (Lipinski definition) is 4. The van der Waals surface area contributed by atoms with Crippen LogP contribution in [0.25, 0.3) is 0 Å². The summed E-state index contributed by atoms with van der Waals surface area (Å²) in [6.07, 6.45) is 1.41. The third-order valence-electron chi connectivity index (χ3n) is 2.88. The summed E-state index contributed by atoms with van der Waals surface area (Å²) in [5, 5.41) is 6.73. The quantitative estimate of drug-likeness (QED) is 0.496. The molecule has 0 aliphatic heterocycles. The minimum atomic E-state index is -0.911. The van der Waals surface area contributed by atoms with Gasteiger partial charge < -0.3 is 10.1 Å². The maximum Gasteiger partial charge on any atom is 0.329 e. The lowest BCUT2D eigenvalue weighted by Crippen LogP contribution is -2.32. The highest BCUT2D eigenvalue weighted by molar-refractivity contribution is 6.42. The fourth-order valence-corrected chi connectivity index (χ4v) is 1.97. The standard InChI is InChI=1S/C16H13Cl2N3O3/c1-24-12-5-2-10(3-6-12)9-19-21-16(23)15(22)20-11-4-7-13(17)14(18)8-11/h2-9H,1H3,(H,20,22)(H,21,23)/b19-9-. The summed E-state index contributed by atoms with van der Waals surface area (Å²) in [7, 11) is 1.57. The van der Waals surface area contributed by atoms with E-state index < -0.39 is 11.8 Å². The number of benzene rings is 2. The molecule has 0 aromatic heterocycles. The van der Waals surface area contributed by atoms with Crippen molar-refractivity contribution in [1.29, 1.82) is 0 Å². The number of hydrogen-bond donors (Lipinski definition) is 2. The minimum Gasteiger partial charge on any atom is -0.497 e. The number of methoxy groups -OCH3 is 1. The van der Waals surface area contributed by atoms with Gasteiger partial charge in [-0.3, -0.25) is 9.59 Å². The molecule has 0 aliphatic carbocycles. The van der Waals surface area contributed by atoms with Crippen molar-refractivity contribution in [3.63, 3.8) is 0 Å². The molecule has 8 heteroatoms. The molecule has 0 saturated carbocycles. The van der Waals surface area contributed by atoms with E-state index >= 15 is 0 Å². The zero-order chi connectivity index (χ0) is 17.5. The highest BCUT2D eigenvalue weighted by atomic mass is 35.5. The summed E-state index contributed by atoms with van der Waals surface area (Å²) in [5.74, 6) is -1.08. The summed E-state index contributed by atoms with van der Waals surface area (Å²) in [6.45, 7) is 0. The number of carbonyl (C=O) groups excluding carboxylic acids is 2. The lowest BCUT2D eigenvalue weighted by molar-refractivity contribution is -0.136. The molecule has 0 heterocycles. The normalized spacial score (nSPS) is 10.5. The molecule has 6 nitrogen and oxygen atoms in total. The average molecular weight is 366 g/mol. The van der Waals surface area contributed by atoms with Gasteiger partial charge in [-0.2, -0.15) is 5.10 Å². The van der Waals surface area contributed by atoms with Gasteiger partial charge in [0.2, 0.25) is 0 Å². The maximum absolute atomic E-state index is 11.7. The minimum absolute atomic E-state index is 0.271. The summed E-state index contributed by atoms with van der Waals surface area (Å²) >= 11 is 11.6. The van der Waals surface area contributed by atoms with Gasteiger partial charge in [0, 0.05) is 5.69 Å². The first-order valence-electron chi connectivity index (χ1n) is 6.73. The van der Waals surface area contributed by atoms with Crippen LogP contribution in [0.4, 0.5) is 5.69 Å². The van der Waals surface area contributed by atoms with Crippen molar-refractivity contribution in [1.82, 2.24) is 5.43 Å². The number of ether oxygens (including phenoxy) is 1. The Labute approximate surface area is 148 Å².